The SMILES string of the molecule is Cc1cc(C#N)nc(NC2CC(O)C2(C)C)n1. The third kappa shape index (κ3) is 2.08. The number of aliphatic hydroxyl groups is 1. The molecule has 1 aromatic rings. The molecule has 5 heteroatoms. The van der Waals surface area contributed by atoms with Gasteiger partial charge in [0.25, 0.3) is 0 Å². The second kappa shape index (κ2) is 3.97. The van der Waals surface area contributed by atoms with E-state index in [4.69, 9.17) is 5.26 Å². The van der Waals surface area contributed by atoms with Gasteiger partial charge in [0.1, 0.15) is 11.8 Å². The number of hydrogen-bond acceptors (Lipinski definition) is 5. The van der Waals surface area contributed by atoms with Crippen molar-refractivity contribution in [2.24, 2.45) is 5.41 Å². The van der Waals surface area contributed by atoms with E-state index in [-0.39, 0.29) is 17.6 Å². The van der Waals surface area contributed by atoms with Crippen LogP contribution in [0.3, 0.4) is 0 Å². The highest BCUT2D eigenvalue weighted by Gasteiger charge is 2.47. The van der Waals surface area contributed by atoms with Gasteiger partial charge in [-0.05, 0) is 19.4 Å². The number of aromatic nitrogens is 2. The van der Waals surface area contributed by atoms with Gasteiger partial charge in [-0.1, -0.05) is 13.8 Å². The molecule has 0 radical (unpaired) electrons. The third-order valence-corrected chi connectivity index (χ3v) is 3.49. The summed E-state index contributed by atoms with van der Waals surface area (Å²) in [5.41, 5.74) is 0.939. The van der Waals surface area contributed by atoms with Crippen molar-refractivity contribution in [1.29, 1.82) is 5.26 Å². The summed E-state index contributed by atoms with van der Waals surface area (Å²) in [6, 6.07) is 3.80. The highest BCUT2D eigenvalue weighted by atomic mass is 16.3. The molecule has 90 valence electrons. The Morgan fingerprint density at radius 3 is 2.76 bits per heavy atom. The topological polar surface area (TPSA) is 81.8 Å². The molecule has 1 aliphatic carbocycles. The fourth-order valence-corrected chi connectivity index (χ4v) is 1.99. The van der Waals surface area contributed by atoms with Gasteiger partial charge in [-0.15, -0.1) is 0 Å². The van der Waals surface area contributed by atoms with E-state index >= 15 is 0 Å². The Bertz CT molecular complexity index is 478. The first-order valence-corrected chi connectivity index (χ1v) is 5.64. The van der Waals surface area contributed by atoms with Crippen LogP contribution in [-0.2, 0) is 0 Å². The van der Waals surface area contributed by atoms with Crippen LogP contribution in [0.15, 0.2) is 6.07 Å². The van der Waals surface area contributed by atoms with Gasteiger partial charge in [-0.2, -0.15) is 5.26 Å². The van der Waals surface area contributed by atoms with Gasteiger partial charge < -0.3 is 10.4 Å². The number of rotatable bonds is 2. The second-order valence-electron chi connectivity index (χ2n) is 5.10. The number of nitriles is 1. The predicted molar refractivity (Wildman–Crippen MR) is 63.3 cm³/mol. The Balaban J connectivity index is 2.15. The Labute approximate surface area is 101 Å². The average molecular weight is 232 g/mol. The van der Waals surface area contributed by atoms with Crippen molar-refractivity contribution in [3.63, 3.8) is 0 Å². The third-order valence-electron chi connectivity index (χ3n) is 3.49. The summed E-state index contributed by atoms with van der Waals surface area (Å²) in [6.45, 7) is 5.83. The van der Waals surface area contributed by atoms with Crippen LogP contribution in [-0.4, -0.2) is 27.2 Å². The molecule has 0 saturated heterocycles. The summed E-state index contributed by atoms with van der Waals surface area (Å²) >= 11 is 0. The quantitative estimate of drug-likeness (QED) is 0.801. The lowest BCUT2D eigenvalue weighted by Crippen LogP contribution is -2.57. The maximum atomic E-state index is 9.65. The Morgan fingerprint density at radius 2 is 2.24 bits per heavy atom. The van der Waals surface area contributed by atoms with Gasteiger partial charge in [-0.3, -0.25) is 0 Å². The van der Waals surface area contributed by atoms with E-state index in [1.54, 1.807) is 6.07 Å². The molecule has 0 aromatic carbocycles. The molecule has 1 aromatic heterocycles. The molecular formula is C12H16N4O. The fourth-order valence-electron chi connectivity index (χ4n) is 1.99. The van der Waals surface area contributed by atoms with Gasteiger partial charge in [-0.25, -0.2) is 9.97 Å². The molecule has 1 fully saturated rings. The highest BCUT2D eigenvalue weighted by molar-refractivity contribution is 5.35. The van der Waals surface area contributed by atoms with E-state index in [0.29, 0.717) is 18.1 Å². The maximum absolute atomic E-state index is 9.65. The Hall–Kier alpha value is -1.67. The fraction of sp³-hybridized carbons (Fsp3) is 0.583. The highest BCUT2D eigenvalue weighted by Crippen LogP contribution is 2.41. The number of nitrogens with one attached hydrogen (secondary N) is 1. The molecular weight excluding hydrogens is 216 g/mol. The maximum Gasteiger partial charge on any atom is 0.224 e. The Kier molecular flexibility index (Phi) is 2.76. The van der Waals surface area contributed by atoms with E-state index in [1.807, 2.05) is 26.8 Å². The summed E-state index contributed by atoms with van der Waals surface area (Å²) in [5, 5.41) is 21.7. The normalized spacial score (nSPS) is 25.8. The largest absolute Gasteiger partial charge is 0.392 e. The molecule has 2 N–H and O–H groups in total. The predicted octanol–water partition coefficient (Wildman–Crippen LogP) is 1.23. The van der Waals surface area contributed by atoms with Crippen LogP contribution in [0.25, 0.3) is 0 Å². The molecule has 17 heavy (non-hydrogen) atoms. The van der Waals surface area contributed by atoms with E-state index in [9.17, 15) is 5.11 Å². The zero-order chi connectivity index (χ0) is 12.6. The van der Waals surface area contributed by atoms with E-state index in [0.717, 1.165) is 5.69 Å². The minimum Gasteiger partial charge on any atom is -0.392 e. The number of nitrogens with zero attached hydrogens (tertiary/aromatic N) is 3. The molecule has 0 aliphatic heterocycles. The van der Waals surface area contributed by atoms with Crippen molar-refractivity contribution in [2.75, 3.05) is 5.32 Å². The number of anilines is 1. The molecule has 0 bridgehead atoms. The Morgan fingerprint density at radius 1 is 1.53 bits per heavy atom. The van der Waals surface area contributed by atoms with Crippen LogP contribution >= 0.6 is 0 Å². The first-order chi connectivity index (χ1) is 7.93. The molecule has 0 amide bonds. The number of hydrogen-bond donors (Lipinski definition) is 2. The van der Waals surface area contributed by atoms with Crippen LogP contribution in [0.2, 0.25) is 0 Å². The van der Waals surface area contributed by atoms with Crippen LogP contribution in [0.4, 0.5) is 5.95 Å². The molecule has 5 nitrogen and oxygen atoms in total. The van der Waals surface area contributed by atoms with Gasteiger partial charge >= 0.3 is 0 Å². The van der Waals surface area contributed by atoms with Crippen LogP contribution < -0.4 is 5.32 Å². The van der Waals surface area contributed by atoms with Crippen molar-refractivity contribution in [2.45, 2.75) is 39.3 Å². The zero-order valence-electron chi connectivity index (χ0n) is 10.2. The zero-order valence-corrected chi connectivity index (χ0v) is 10.2. The van der Waals surface area contributed by atoms with E-state index in [1.165, 1.54) is 0 Å². The molecule has 1 aliphatic rings. The molecule has 2 rings (SSSR count). The van der Waals surface area contributed by atoms with Crippen molar-refractivity contribution in [3.05, 3.63) is 17.5 Å². The second-order valence-corrected chi connectivity index (χ2v) is 5.10. The molecule has 1 saturated carbocycles. The average Bonchev–Trinajstić information content (AvgIpc) is 2.28. The van der Waals surface area contributed by atoms with E-state index in [2.05, 4.69) is 15.3 Å². The van der Waals surface area contributed by atoms with Gasteiger partial charge in [0.2, 0.25) is 5.95 Å². The molecule has 1 heterocycles. The monoisotopic (exact) mass is 232 g/mol. The first-order valence-electron chi connectivity index (χ1n) is 5.64. The smallest absolute Gasteiger partial charge is 0.224 e. The lowest BCUT2D eigenvalue weighted by molar-refractivity contribution is -0.0512. The standard InChI is InChI=1S/C12H16N4O/c1-7-4-8(6-13)15-11(14-7)16-9-5-10(17)12(9,2)3/h4,9-10,17H,5H2,1-3H3,(H,14,15,16). The van der Waals surface area contributed by atoms with Crippen LogP contribution in [0.5, 0.6) is 0 Å². The first kappa shape index (κ1) is 11.8. The van der Waals surface area contributed by atoms with Gasteiger partial charge in [0.15, 0.2) is 0 Å². The summed E-state index contributed by atoms with van der Waals surface area (Å²) in [6.07, 6.45) is 0.395. The minimum atomic E-state index is -0.291. The molecule has 2 unspecified atom stereocenters. The van der Waals surface area contributed by atoms with Crippen LogP contribution in [0.1, 0.15) is 31.7 Å². The van der Waals surface area contributed by atoms with Crippen molar-refractivity contribution < 1.29 is 5.11 Å². The summed E-state index contributed by atoms with van der Waals surface area (Å²) in [4.78, 5) is 8.34. The summed E-state index contributed by atoms with van der Waals surface area (Å²) in [7, 11) is 0. The van der Waals surface area contributed by atoms with Crippen molar-refractivity contribution in [3.8, 4) is 6.07 Å². The van der Waals surface area contributed by atoms with Gasteiger partial charge in [0.05, 0.1) is 6.10 Å². The van der Waals surface area contributed by atoms with Crippen molar-refractivity contribution >= 4 is 5.95 Å². The molecule has 0 spiro atoms. The lowest BCUT2D eigenvalue weighted by Gasteiger charge is -2.49. The molecule has 2 atom stereocenters. The van der Waals surface area contributed by atoms with Gasteiger partial charge in [0, 0.05) is 17.2 Å². The summed E-state index contributed by atoms with van der Waals surface area (Å²) < 4.78 is 0. The number of aliphatic hydroxyl groups excluding tert-OH is 1. The van der Waals surface area contributed by atoms with Crippen molar-refractivity contribution in [1.82, 2.24) is 9.97 Å². The van der Waals surface area contributed by atoms with Crippen LogP contribution in [0, 0.1) is 23.7 Å². The summed E-state index contributed by atoms with van der Waals surface area (Å²) in [5.74, 6) is 0.464. The number of aryl methyl sites for hydroxylation is 1. The minimum absolute atomic E-state index is 0.144. The van der Waals surface area contributed by atoms with E-state index < -0.39 is 0 Å². The lowest BCUT2D eigenvalue weighted by atomic mass is 9.65.